The zero-order valence-electron chi connectivity index (χ0n) is 8.55. The summed E-state index contributed by atoms with van der Waals surface area (Å²) in [5.41, 5.74) is 5.48. The van der Waals surface area contributed by atoms with Crippen LogP contribution in [0.2, 0.25) is 0 Å². The van der Waals surface area contributed by atoms with E-state index in [1.807, 2.05) is 0 Å². The second-order valence-corrected chi connectivity index (χ2v) is 4.19. The highest BCUT2D eigenvalue weighted by atomic mass is 16.6. The van der Waals surface area contributed by atoms with Gasteiger partial charge in [0.1, 0.15) is 0 Å². The summed E-state index contributed by atoms with van der Waals surface area (Å²) in [5, 5.41) is 9.66. The van der Waals surface area contributed by atoms with Gasteiger partial charge in [-0.25, -0.2) is 4.63 Å². The van der Waals surface area contributed by atoms with Gasteiger partial charge in [0.15, 0.2) is 0 Å². The molecule has 3 atom stereocenters. The van der Waals surface area contributed by atoms with Crippen molar-refractivity contribution < 1.29 is 14.2 Å². The number of nitrogens with two attached hydrogens (primary N) is 1. The first-order valence-electron chi connectivity index (χ1n) is 5.28. The largest absolute Gasteiger partial charge is 0.379 e. The molecule has 2 saturated heterocycles. The monoisotopic (exact) mass is 224 g/mol. The molecule has 2 aliphatic rings. The van der Waals surface area contributed by atoms with Crippen LogP contribution < -0.4 is 11.1 Å². The van der Waals surface area contributed by atoms with Crippen molar-refractivity contribution in [2.45, 2.75) is 37.5 Å². The smallest absolute Gasteiger partial charge is 0.277 e. The second kappa shape index (κ2) is 3.44. The molecule has 3 unspecified atom stereocenters. The van der Waals surface area contributed by atoms with Gasteiger partial charge in [-0.3, -0.25) is 4.79 Å². The summed E-state index contributed by atoms with van der Waals surface area (Å²) in [5.74, 6) is -0.332. The lowest BCUT2D eigenvalue weighted by molar-refractivity contribution is 0.0834. The number of carbonyl (C=O) groups is 1. The van der Waals surface area contributed by atoms with Crippen molar-refractivity contribution in [3.05, 3.63) is 5.69 Å². The topological polar surface area (TPSA) is 103 Å². The fourth-order valence-corrected chi connectivity index (χ4v) is 2.38. The number of nitrogens with zero attached hydrogens (tertiary/aromatic N) is 2. The number of nitrogens with one attached hydrogen (secondary N) is 1. The van der Waals surface area contributed by atoms with Crippen molar-refractivity contribution >= 4 is 11.7 Å². The maximum Gasteiger partial charge on any atom is 0.277 e. The SMILES string of the molecule is Nc1nonc1C(=O)NC1CC2CCC1O2. The summed E-state index contributed by atoms with van der Waals surface area (Å²) < 4.78 is 10.0. The average molecular weight is 224 g/mol. The molecule has 0 radical (unpaired) electrons. The maximum absolute atomic E-state index is 11.7. The third-order valence-corrected chi connectivity index (χ3v) is 3.15. The van der Waals surface area contributed by atoms with Crippen LogP contribution >= 0.6 is 0 Å². The standard InChI is InChI=1S/C9H12N4O3/c10-8-7(12-16-13-8)9(14)11-5-3-4-1-2-6(5)15-4/h4-6H,1-3H2,(H2,10,13)(H,11,14). The third-order valence-electron chi connectivity index (χ3n) is 3.15. The summed E-state index contributed by atoms with van der Waals surface area (Å²) in [4.78, 5) is 11.7. The molecule has 86 valence electrons. The van der Waals surface area contributed by atoms with Crippen LogP contribution in [0, 0.1) is 0 Å². The Bertz CT molecular complexity index is 419. The Balaban J connectivity index is 1.67. The van der Waals surface area contributed by atoms with E-state index in [0.717, 1.165) is 19.3 Å². The summed E-state index contributed by atoms with van der Waals surface area (Å²) in [7, 11) is 0. The number of ether oxygens (including phenoxy) is 1. The highest BCUT2D eigenvalue weighted by molar-refractivity contribution is 5.96. The Morgan fingerprint density at radius 1 is 1.44 bits per heavy atom. The Hall–Kier alpha value is -1.63. The van der Waals surface area contributed by atoms with Crippen LogP contribution in [0.4, 0.5) is 5.82 Å². The first-order valence-corrected chi connectivity index (χ1v) is 5.28. The fraction of sp³-hybridized carbons (Fsp3) is 0.667. The van der Waals surface area contributed by atoms with Crippen LogP contribution in [-0.4, -0.2) is 34.5 Å². The quantitative estimate of drug-likeness (QED) is 0.715. The zero-order chi connectivity index (χ0) is 11.1. The molecule has 1 aromatic heterocycles. The summed E-state index contributed by atoms with van der Waals surface area (Å²) in [6.07, 6.45) is 3.38. The molecule has 3 heterocycles. The van der Waals surface area contributed by atoms with Crippen LogP contribution in [0.3, 0.4) is 0 Å². The second-order valence-electron chi connectivity index (χ2n) is 4.19. The number of nitrogen functional groups attached to an aromatic ring is 1. The van der Waals surface area contributed by atoms with E-state index in [1.54, 1.807) is 0 Å². The minimum atomic E-state index is -0.347. The highest BCUT2D eigenvalue weighted by Gasteiger charge is 2.41. The molecular weight excluding hydrogens is 212 g/mol. The Kier molecular flexibility index (Phi) is 2.06. The molecule has 3 rings (SSSR count). The third kappa shape index (κ3) is 1.44. The minimum absolute atomic E-state index is 0.0153. The molecular formula is C9H12N4O3. The van der Waals surface area contributed by atoms with Crippen LogP contribution in [0.5, 0.6) is 0 Å². The predicted octanol–water partition coefficient (Wildman–Crippen LogP) is -0.299. The van der Waals surface area contributed by atoms with Gasteiger partial charge in [-0.2, -0.15) is 0 Å². The number of aromatic nitrogens is 2. The minimum Gasteiger partial charge on any atom is -0.379 e. The predicted molar refractivity (Wildman–Crippen MR) is 52.5 cm³/mol. The number of amides is 1. The molecule has 2 aliphatic heterocycles. The van der Waals surface area contributed by atoms with Gasteiger partial charge < -0.3 is 15.8 Å². The van der Waals surface area contributed by atoms with Gasteiger partial charge in [0, 0.05) is 0 Å². The molecule has 7 heteroatoms. The van der Waals surface area contributed by atoms with E-state index in [1.165, 1.54) is 0 Å². The van der Waals surface area contributed by atoms with Gasteiger partial charge in [0.2, 0.25) is 11.5 Å². The molecule has 0 spiro atoms. The van der Waals surface area contributed by atoms with Gasteiger partial charge in [0.05, 0.1) is 18.2 Å². The van der Waals surface area contributed by atoms with E-state index < -0.39 is 0 Å². The Labute approximate surface area is 91.3 Å². The van der Waals surface area contributed by atoms with Gasteiger partial charge in [-0.15, -0.1) is 0 Å². The maximum atomic E-state index is 11.7. The Morgan fingerprint density at radius 3 is 2.88 bits per heavy atom. The molecule has 0 aromatic carbocycles. The van der Waals surface area contributed by atoms with E-state index >= 15 is 0 Å². The number of carbonyl (C=O) groups excluding carboxylic acids is 1. The van der Waals surface area contributed by atoms with Crippen molar-refractivity contribution in [1.82, 2.24) is 15.6 Å². The molecule has 16 heavy (non-hydrogen) atoms. The molecule has 3 N–H and O–H groups in total. The highest BCUT2D eigenvalue weighted by Crippen LogP contribution is 2.34. The van der Waals surface area contributed by atoms with Crippen molar-refractivity contribution in [3.8, 4) is 0 Å². The lowest BCUT2D eigenvalue weighted by Gasteiger charge is -2.19. The van der Waals surface area contributed by atoms with Crippen LogP contribution in [0.15, 0.2) is 4.63 Å². The van der Waals surface area contributed by atoms with E-state index in [-0.39, 0.29) is 29.6 Å². The van der Waals surface area contributed by atoms with Crippen LogP contribution in [0.1, 0.15) is 29.8 Å². The number of hydrogen-bond acceptors (Lipinski definition) is 6. The van der Waals surface area contributed by atoms with Crippen molar-refractivity contribution in [3.63, 3.8) is 0 Å². The fourth-order valence-electron chi connectivity index (χ4n) is 2.38. The normalized spacial score (nSPS) is 31.9. The van der Waals surface area contributed by atoms with Crippen molar-refractivity contribution in [1.29, 1.82) is 0 Å². The number of fused-ring (bicyclic) bond motifs is 2. The van der Waals surface area contributed by atoms with Gasteiger partial charge >= 0.3 is 0 Å². The molecule has 1 amide bonds. The Morgan fingerprint density at radius 2 is 2.31 bits per heavy atom. The molecule has 1 aromatic rings. The molecule has 2 fully saturated rings. The zero-order valence-corrected chi connectivity index (χ0v) is 8.55. The van der Waals surface area contributed by atoms with E-state index in [2.05, 4.69) is 20.3 Å². The molecule has 2 bridgehead atoms. The lowest BCUT2D eigenvalue weighted by atomic mass is 9.95. The van der Waals surface area contributed by atoms with Crippen molar-refractivity contribution in [2.75, 3.05) is 5.73 Å². The van der Waals surface area contributed by atoms with Gasteiger partial charge in [-0.05, 0) is 29.6 Å². The number of hydrogen-bond donors (Lipinski definition) is 2. The molecule has 0 aliphatic carbocycles. The first-order chi connectivity index (χ1) is 7.74. The van der Waals surface area contributed by atoms with Crippen molar-refractivity contribution in [2.24, 2.45) is 0 Å². The summed E-state index contributed by atoms with van der Waals surface area (Å²) >= 11 is 0. The summed E-state index contributed by atoms with van der Waals surface area (Å²) in [6.45, 7) is 0. The average Bonchev–Trinajstić information content (AvgIpc) is 2.92. The van der Waals surface area contributed by atoms with Gasteiger partial charge in [0.25, 0.3) is 5.91 Å². The molecule has 0 saturated carbocycles. The van der Waals surface area contributed by atoms with Gasteiger partial charge in [-0.1, -0.05) is 0 Å². The number of rotatable bonds is 2. The summed E-state index contributed by atoms with van der Waals surface area (Å²) in [6, 6.07) is 0.0577. The van der Waals surface area contributed by atoms with E-state index in [4.69, 9.17) is 10.5 Å². The lowest BCUT2D eigenvalue weighted by Crippen LogP contribution is -2.41. The molecule has 7 nitrogen and oxygen atoms in total. The number of anilines is 1. The van der Waals surface area contributed by atoms with E-state index in [9.17, 15) is 4.79 Å². The van der Waals surface area contributed by atoms with Crippen LogP contribution in [-0.2, 0) is 4.74 Å². The first kappa shape index (κ1) is 9.59. The van der Waals surface area contributed by atoms with Crippen LogP contribution in [0.25, 0.3) is 0 Å². The van der Waals surface area contributed by atoms with E-state index in [0.29, 0.717) is 6.10 Å².